The highest BCUT2D eigenvalue weighted by Gasteiger charge is 2.49. The highest BCUT2D eigenvalue weighted by atomic mass is 16.3. The second-order valence-corrected chi connectivity index (χ2v) is 9.68. The van der Waals surface area contributed by atoms with Crippen LogP contribution in [0, 0.1) is 0 Å². The Morgan fingerprint density at radius 3 is 2.70 bits per heavy atom. The summed E-state index contributed by atoms with van der Waals surface area (Å²) in [7, 11) is 0. The first-order chi connectivity index (χ1) is 16.0. The summed E-state index contributed by atoms with van der Waals surface area (Å²) in [6.45, 7) is 3.71. The standard InChI is InChI=1S/C26H28N4O3/c1-26(20-10-9-17-5-4-6-19(17)15-20)24(31)30(25(32)28-26)16-29-13-11-18(12-14-29)23-27-21-7-2-3-8-22(21)33-23/h2-3,7-10,15,18H,4-6,11-14,16H2,1H3,(H,28,32). The molecule has 6 rings (SSSR count). The number of imide groups is 1. The number of nitrogens with one attached hydrogen (secondary N) is 1. The van der Waals surface area contributed by atoms with Crippen LogP contribution in [-0.2, 0) is 23.2 Å². The molecule has 1 unspecified atom stereocenters. The lowest BCUT2D eigenvalue weighted by Gasteiger charge is -2.32. The molecular weight excluding hydrogens is 416 g/mol. The topological polar surface area (TPSA) is 78.7 Å². The van der Waals surface area contributed by atoms with Crippen molar-refractivity contribution < 1.29 is 14.0 Å². The minimum absolute atomic E-state index is 0.175. The molecule has 1 aliphatic carbocycles. The van der Waals surface area contributed by atoms with E-state index in [-0.39, 0.29) is 17.9 Å². The van der Waals surface area contributed by atoms with Crippen LogP contribution in [-0.4, -0.2) is 46.5 Å². The van der Waals surface area contributed by atoms with E-state index < -0.39 is 5.54 Å². The second-order valence-electron chi connectivity index (χ2n) is 9.68. The molecule has 2 saturated heterocycles. The van der Waals surface area contributed by atoms with E-state index >= 15 is 0 Å². The molecule has 0 bridgehead atoms. The van der Waals surface area contributed by atoms with Gasteiger partial charge in [0.15, 0.2) is 11.5 Å². The van der Waals surface area contributed by atoms with Crippen LogP contribution < -0.4 is 5.32 Å². The number of aryl methyl sites for hydroxylation is 2. The maximum Gasteiger partial charge on any atom is 0.326 e. The number of fused-ring (bicyclic) bond motifs is 2. The lowest BCUT2D eigenvalue weighted by atomic mass is 9.90. The zero-order chi connectivity index (χ0) is 22.6. The van der Waals surface area contributed by atoms with Gasteiger partial charge < -0.3 is 9.73 Å². The monoisotopic (exact) mass is 444 g/mol. The van der Waals surface area contributed by atoms with Crippen LogP contribution in [0.3, 0.4) is 0 Å². The Morgan fingerprint density at radius 2 is 1.88 bits per heavy atom. The molecule has 3 heterocycles. The zero-order valence-corrected chi connectivity index (χ0v) is 18.8. The van der Waals surface area contributed by atoms with Crippen molar-refractivity contribution in [2.24, 2.45) is 0 Å². The predicted octanol–water partition coefficient (Wildman–Crippen LogP) is 3.92. The van der Waals surface area contributed by atoms with Crippen molar-refractivity contribution in [1.29, 1.82) is 0 Å². The van der Waals surface area contributed by atoms with Crippen molar-refractivity contribution in [3.05, 3.63) is 65.0 Å². The molecule has 170 valence electrons. The minimum atomic E-state index is -1.01. The molecule has 0 saturated carbocycles. The lowest BCUT2D eigenvalue weighted by Crippen LogP contribution is -2.46. The molecule has 1 aromatic heterocycles. The molecule has 3 aliphatic rings. The first kappa shape index (κ1) is 20.4. The Labute approximate surface area is 192 Å². The Morgan fingerprint density at radius 1 is 1.09 bits per heavy atom. The van der Waals surface area contributed by atoms with Gasteiger partial charge >= 0.3 is 6.03 Å². The summed E-state index contributed by atoms with van der Waals surface area (Å²) in [5, 5.41) is 2.96. The van der Waals surface area contributed by atoms with E-state index in [4.69, 9.17) is 4.42 Å². The molecule has 7 nitrogen and oxygen atoms in total. The number of rotatable bonds is 4. The van der Waals surface area contributed by atoms with Crippen LogP contribution in [0.4, 0.5) is 4.79 Å². The number of para-hydroxylation sites is 2. The van der Waals surface area contributed by atoms with E-state index in [1.54, 1.807) is 0 Å². The first-order valence-electron chi connectivity index (χ1n) is 11.9. The van der Waals surface area contributed by atoms with Crippen molar-refractivity contribution in [3.63, 3.8) is 0 Å². The van der Waals surface area contributed by atoms with Gasteiger partial charge in [0.2, 0.25) is 0 Å². The third-order valence-electron chi connectivity index (χ3n) is 7.54. The Bertz CT molecular complexity index is 1210. The summed E-state index contributed by atoms with van der Waals surface area (Å²) < 4.78 is 5.96. The van der Waals surface area contributed by atoms with Gasteiger partial charge in [-0.15, -0.1) is 0 Å². The van der Waals surface area contributed by atoms with Crippen LogP contribution in [0.1, 0.15) is 54.7 Å². The maximum absolute atomic E-state index is 13.4. The lowest BCUT2D eigenvalue weighted by molar-refractivity contribution is -0.132. The number of hydrogen-bond acceptors (Lipinski definition) is 5. The molecule has 0 radical (unpaired) electrons. The molecule has 1 atom stereocenters. The molecule has 3 amide bonds. The molecule has 7 heteroatoms. The number of urea groups is 1. The Balaban J connectivity index is 1.13. The molecule has 2 aromatic carbocycles. The fraction of sp³-hybridized carbons (Fsp3) is 0.423. The van der Waals surface area contributed by atoms with Crippen LogP contribution in [0.25, 0.3) is 11.1 Å². The third kappa shape index (κ3) is 3.42. The summed E-state index contributed by atoms with van der Waals surface area (Å²) in [5.74, 6) is 0.870. The van der Waals surface area contributed by atoms with E-state index in [1.165, 1.54) is 16.0 Å². The summed E-state index contributed by atoms with van der Waals surface area (Å²) in [6, 6.07) is 13.7. The zero-order valence-electron chi connectivity index (χ0n) is 18.8. The average molecular weight is 445 g/mol. The minimum Gasteiger partial charge on any atom is -0.440 e. The smallest absolute Gasteiger partial charge is 0.326 e. The Hall–Kier alpha value is -3.19. The van der Waals surface area contributed by atoms with E-state index in [1.807, 2.05) is 37.3 Å². The van der Waals surface area contributed by atoms with Gasteiger partial charge in [0.05, 0.1) is 6.67 Å². The summed E-state index contributed by atoms with van der Waals surface area (Å²) in [4.78, 5) is 34.4. The van der Waals surface area contributed by atoms with Crippen molar-refractivity contribution in [3.8, 4) is 0 Å². The molecule has 2 aliphatic heterocycles. The summed E-state index contributed by atoms with van der Waals surface area (Å²) in [6.07, 6.45) is 5.07. The number of carbonyl (C=O) groups is 2. The summed E-state index contributed by atoms with van der Waals surface area (Å²) in [5.41, 5.74) is 4.23. The molecule has 2 fully saturated rings. The van der Waals surface area contributed by atoms with E-state index in [9.17, 15) is 9.59 Å². The third-order valence-corrected chi connectivity index (χ3v) is 7.54. The molecule has 3 aromatic rings. The number of aromatic nitrogens is 1. The SMILES string of the molecule is CC1(c2ccc3c(c2)CCC3)NC(=O)N(CN2CCC(c3nc4ccccc4o3)CC2)C1=O. The number of hydrogen-bond donors (Lipinski definition) is 1. The van der Waals surface area contributed by atoms with Gasteiger partial charge in [0.1, 0.15) is 11.1 Å². The highest BCUT2D eigenvalue weighted by molar-refractivity contribution is 6.07. The number of nitrogens with zero attached hydrogens (tertiary/aromatic N) is 3. The van der Waals surface area contributed by atoms with Gasteiger partial charge in [-0.3, -0.25) is 9.69 Å². The van der Waals surface area contributed by atoms with Crippen LogP contribution >= 0.6 is 0 Å². The van der Waals surface area contributed by atoms with Gasteiger partial charge in [-0.2, -0.15) is 0 Å². The normalized spacial score (nSPS) is 24.0. The largest absolute Gasteiger partial charge is 0.440 e. The molecular formula is C26H28N4O3. The van der Waals surface area contributed by atoms with Crippen LogP contribution in [0.15, 0.2) is 46.9 Å². The van der Waals surface area contributed by atoms with E-state index in [0.717, 1.165) is 67.7 Å². The first-order valence-corrected chi connectivity index (χ1v) is 11.9. The highest BCUT2D eigenvalue weighted by Crippen LogP contribution is 2.34. The fourth-order valence-electron chi connectivity index (χ4n) is 5.49. The molecule has 33 heavy (non-hydrogen) atoms. The van der Waals surface area contributed by atoms with Gasteiger partial charge in [-0.05, 0) is 67.9 Å². The van der Waals surface area contributed by atoms with Crippen LogP contribution in [0.2, 0.25) is 0 Å². The van der Waals surface area contributed by atoms with Gasteiger partial charge in [0.25, 0.3) is 5.91 Å². The van der Waals surface area contributed by atoms with Crippen molar-refractivity contribution in [2.45, 2.75) is 50.5 Å². The van der Waals surface area contributed by atoms with Gasteiger partial charge in [-0.25, -0.2) is 14.7 Å². The van der Waals surface area contributed by atoms with Gasteiger partial charge in [0, 0.05) is 19.0 Å². The Kier molecular flexibility index (Phi) is 4.76. The number of carbonyl (C=O) groups excluding carboxylic acids is 2. The second kappa shape index (κ2) is 7.70. The molecule has 1 N–H and O–H groups in total. The van der Waals surface area contributed by atoms with Crippen LogP contribution in [0.5, 0.6) is 0 Å². The van der Waals surface area contributed by atoms with E-state index in [0.29, 0.717) is 6.67 Å². The van der Waals surface area contributed by atoms with Gasteiger partial charge in [-0.1, -0.05) is 30.3 Å². The van der Waals surface area contributed by atoms with E-state index in [2.05, 4.69) is 27.3 Å². The average Bonchev–Trinajstić information content (AvgIpc) is 3.53. The number of likely N-dealkylation sites (tertiary alicyclic amines) is 1. The number of piperidine rings is 1. The predicted molar refractivity (Wildman–Crippen MR) is 124 cm³/mol. The number of oxazole rings is 1. The van der Waals surface area contributed by atoms with Crippen molar-refractivity contribution in [1.82, 2.24) is 20.1 Å². The van der Waals surface area contributed by atoms with Crippen molar-refractivity contribution in [2.75, 3.05) is 19.8 Å². The molecule has 0 spiro atoms. The fourth-order valence-corrected chi connectivity index (χ4v) is 5.49. The van der Waals surface area contributed by atoms with Crippen molar-refractivity contribution >= 4 is 23.0 Å². The quantitative estimate of drug-likeness (QED) is 0.617. The maximum atomic E-state index is 13.4. The number of amides is 3. The number of benzene rings is 2. The summed E-state index contributed by atoms with van der Waals surface area (Å²) >= 11 is 0.